The highest BCUT2D eigenvalue weighted by Crippen LogP contribution is 2.22. The molecule has 1 N–H and O–H groups in total. The van der Waals surface area contributed by atoms with Gasteiger partial charge in [-0.3, -0.25) is 19.8 Å². The molecule has 0 unspecified atom stereocenters. The highest BCUT2D eigenvalue weighted by molar-refractivity contribution is 5.96. The average Bonchev–Trinajstić information content (AvgIpc) is 2.68. The predicted octanol–water partition coefficient (Wildman–Crippen LogP) is 3.55. The number of carbonyl (C=O) groups excluding carboxylic acids is 1. The van der Waals surface area contributed by atoms with Crippen molar-refractivity contribution in [3.8, 4) is 0 Å². The van der Waals surface area contributed by atoms with Crippen LogP contribution in [0.2, 0.25) is 0 Å². The van der Waals surface area contributed by atoms with Gasteiger partial charge >= 0.3 is 0 Å². The van der Waals surface area contributed by atoms with Crippen LogP contribution in [0, 0.1) is 23.0 Å². The number of hydrogen-bond acceptors (Lipinski definition) is 4. The van der Waals surface area contributed by atoms with Gasteiger partial charge in [0.2, 0.25) is 0 Å². The van der Waals surface area contributed by atoms with E-state index < -0.39 is 4.92 Å². The van der Waals surface area contributed by atoms with Gasteiger partial charge in [-0.15, -0.1) is 0 Å². The Morgan fingerprint density at radius 3 is 2.52 bits per heavy atom. The van der Waals surface area contributed by atoms with Crippen LogP contribution in [-0.2, 0) is 6.54 Å². The molecule has 1 fully saturated rings. The van der Waals surface area contributed by atoms with Gasteiger partial charge in [-0.2, -0.15) is 0 Å². The Kier molecular flexibility index (Phi) is 6.19. The molecule has 0 bridgehead atoms. The van der Waals surface area contributed by atoms with E-state index in [1.54, 1.807) is 19.1 Å². The Hall–Kier alpha value is -2.73. The van der Waals surface area contributed by atoms with Gasteiger partial charge in [0.05, 0.1) is 4.92 Å². The summed E-state index contributed by atoms with van der Waals surface area (Å²) in [4.78, 5) is 25.5. The number of hydrogen-bond donors (Lipinski definition) is 1. The van der Waals surface area contributed by atoms with Gasteiger partial charge in [0, 0.05) is 30.3 Å². The Morgan fingerprint density at radius 1 is 1.15 bits per heavy atom. The molecule has 0 radical (unpaired) electrons. The highest BCUT2D eigenvalue weighted by Gasteiger charge is 2.22. The molecule has 1 saturated heterocycles. The van der Waals surface area contributed by atoms with E-state index in [2.05, 4.69) is 34.5 Å². The van der Waals surface area contributed by atoms with Gasteiger partial charge in [0.1, 0.15) is 0 Å². The first-order chi connectivity index (χ1) is 13.0. The van der Waals surface area contributed by atoms with Crippen molar-refractivity contribution in [1.29, 1.82) is 0 Å². The van der Waals surface area contributed by atoms with E-state index >= 15 is 0 Å². The molecule has 1 heterocycles. The second kappa shape index (κ2) is 8.77. The number of carbonyl (C=O) groups is 1. The number of nitrogens with zero attached hydrogens (tertiary/aromatic N) is 2. The van der Waals surface area contributed by atoms with Crippen LogP contribution >= 0.6 is 0 Å². The molecule has 6 nitrogen and oxygen atoms in total. The lowest BCUT2D eigenvalue weighted by molar-refractivity contribution is -0.385. The summed E-state index contributed by atoms with van der Waals surface area (Å²) in [7, 11) is 0. The first-order valence-corrected chi connectivity index (χ1v) is 9.33. The van der Waals surface area contributed by atoms with E-state index in [-0.39, 0.29) is 11.6 Å². The number of benzene rings is 2. The van der Waals surface area contributed by atoms with Crippen molar-refractivity contribution in [2.75, 3.05) is 19.6 Å². The molecule has 1 aliphatic heterocycles. The van der Waals surface area contributed by atoms with Crippen molar-refractivity contribution in [1.82, 2.24) is 10.2 Å². The molecule has 142 valence electrons. The number of nitro benzene ring substituents is 1. The fourth-order valence-corrected chi connectivity index (χ4v) is 3.59. The molecular formula is C21H25N3O3. The minimum atomic E-state index is -0.450. The largest absolute Gasteiger partial charge is 0.352 e. The van der Waals surface area contributed by atoms with E-state index in [4.69, 9.17) is 0 Å². The Balaban J connectivity index is 1.48. The molecule has 1 aliphatic rings. The summed E-state index contributed by atoms with van der Waals surface area (Å²) in [5.41, 5.74) is 2.10. The van der Waals surface area contributed by atoms with Crippen LogP contribution in [0.5, 0.6) is 0 Å². The van der Waals surface area contributed by atoms with Crippen LogP contribution in [0.4, 0.5) is 5.69 Å². The maximum Gasteiger partial charge on any atom is 0.273 e. The summed E-state index contributed by atoms with van der Waals surface area (Å²) in [6.07, 6.45) is 2.09. The van der Waals surface area contributed by atoms with Crippen LogP contribution in [-0.4, -0.2) is 35.4 Å². The topological polar surface area (TPSA) is 75.5 Å². The molecule has 0 saturated carbocycles. The predicted molar refractivity (Wildman–Crippen MR) is 105 cm³/mol. The minimum Gasteiger partial charge on any atom is -0.352 e. The van der Waals surface area contributed by atoms with E-state index in [9.17, 15) is 14.9 Å². The van der Waals surface area contributed by atoms with E-state index in [0.717, 1.165) is 32.5 Å². The molecule has 2 aromatic rings. The normalized spacial score (nSPS) is 15.4. The Labute approximate surface area is 159 Å². The van der Waals surface area contributed by atoms with Gasteiger partial charge < -0.3 is 5.32 Å². The van der Waals surface area contributed by atoms with Crippen LogP contribution in [0.1, 0.15) is 34.3 Å². The summed E-state index contributed by atoms with van der Waals surface area (Å²) in [5, 5.41) is 14.0. The zero-order valence-corrected chi connectivity index (χ0v) is 15.6. The fourth-order valence-electron chi connectivity index (χ4n) is 3.59. The fraction of sp³-hybridized carbons (Fsp3) is 0.381. The number of nitro groups is 1. The maximum atomic E-state index is 12.4. The molecule has 0 aromatic heterocycles. The third-order valence-electron chi connectivity index (χ3n) is 5.25. The lowest BCUT2D eigenvalue weighted by Gasteiger charge is -2.32. The second-order valence-corrected chi connectivity index (χ2v) is 7.12. The van der Waals surface area contributed by atoms with Crippen molar-refractivity contribution in [2.45, 2.75) is 26.3 Å². The van der Waals surface area contributed by atoms with Gasteiger partial charge in [-0.05, 0) is 50.4 Å². The van der Waals surface area contributed by atoms with Crippen molar-refractivity contribution in [3.05, 3.63) is 75.3 Å². The molecule has 2 aromatic carbocycles. The third-order valence-corrected chi connectivity index (χ3v) is 5.25. The SMILES string of the molecule is Cc1c(C(=O)NCC2CCN(Cc3ccccc3)CC2)cccc1[N+](=O)[O-]. The molecule has 0 spiro atoms. The van der Waals surface area contributed by atoms with E-state index in [1.165, 1.54) is 11.6 Å². The standard InChI is InChI=1S/C21H25N3O3/c1-16-19(8-5-9-20(16)24(26)27)21(25)22-14-17-10-12-23(13-11-17)15-18-6-3-2-4-7-18/h2-9,17H,10-15H2,1H3,(H,22,25). The van der Waals surface area contributed by atoms with Gasteiger partial charge in [-0.1, -0.05) is 36.4 Å². The van der Waals surface area contributed by atoms with Gasteiger partial charge in [0.15, 0.2) is 0 Å². The smallest absolute Gasteiger partial charge is 0.273 e. The molecule has 6 heteroatoms. The van der Waals surface area contributed by atoms with Crippen molar-refractivity contribution < 1.29 is 9.72 Å². The van der Waals surface area contributed by atoms with Crippen LogP contribution in [0.15, 0.2) is 48.5 Å². The monoisotopic (exact) mass is 367 g/mol. The van der Waals surface area contributed by atoms with Crippen molar-refractivity contribution in [3.63, 3.8) is 0 Å². The quantitative estimate of drug-likeness (QED) is 0.626. The Morgan fingerprint density at radius 2 is 1.85 bits per heavy atom. The van der Waals surface area contributed by atoms with E-state index in [1.807, 2.05) is 6.07 Å². The lowest BCUT2D eigenvalue weighted by atomic mass is 9.96. The van der Waals surface area contributed by atoms with Gasteiger partial charge in [-0.25, -0.2) is 0 Å². The van der Waals surface area contributed by atoms with Crippen molar-refractivity contribution >= 4 is 11.6 Å². The van der Waals surface area contributed by atoms with Crippen LogP contribution < -0.4 is 5.32 Å². The Bertz CT molecular complexity index is 800. The molecule has 0 atom stereocenters. The molecule has 1 amide bonds. The number of likely N-dealkylation sites (tertiary alicyclic amines) is 1. The second-order valence-electron chi connectivity index (χ2n) is 7.12. The first-order valence-electron chi connectivity index (χ1n) is 9.33. The van der Waals surface area contributed by atoms with Crippen LogP contribution in [0.3, 0.4) is 0 Å². The molecule has 0 aliphatic carbocycles. The molecule has 3 rings (SSSR count). The number of amides is 1. The first kappa shape index (κ1) is 19.0. The summed E-state index contributed by atoms with van der Waals surface area (Å²) in [6.45, 7) is 5.23. The number of piperidine rings is 1. The zero-order valence-electron chi connectivity index (χ0n) is 15.6. The highest BCUT2D eigenvalue weighted by atomic mass is 16.6. The van der Waals surface area contributed by atoms with Crippen LogP contribution in [0.25, 0.3) is 0 Å². The third kappa shape index (κ3) is 4.92. The molecular weight excluding hydrogens is 342 g/mol. The maximum absolute atomic E-state index is 12.4. The van der Waals surface area contributed by atoms with Crippen molar-refractivity contribution in [2.24, 2.45) is 5.92 Å². The molecule has 27 heavy (non-hydrogen) atoms. The summed E-state index contributed by atoms with van der Waals surface area (Å²) in [6, 6.07) is 15.1. The zero-order chi connectivity index (χ0) is 19.2. The summed E-state index contributed by atoms with van der Waals surface area (Å²) < 4.78 is 0. The lowest BCUT2D eigenvalue weighted by Crippen LogP contribution is -2.38. The average molecular weight is 367 g/mol. The number of rotatable bonds is 6. The summed E-state index contributed by atoms with van der Waals surface area (Å²) >= 11 is 0. The number of nitrogens with one attached hydrogen (secondary N) is 1. The minimum absolute atomic E-state index is 0.0168. The van der Waals surface area contributed by atoms with Gasteiger partial charge in [0.25, 0.3) is 11.6 Å². The summed E-state index contributed by atoms with van der Waals surface area (Å²) in [5.74, 6) is 0.211. The van der Waals surface area contributed by atoms with E-state index in [0.29, 0.717) is 23.6 Å².